The maximum absolute atomic E-state index is 5.43. The van der Waals surface area contributed by atoms with E-state index in [1.54, 1.807) is 7.11 Å². The van der Waals surface area contributed by atoms with Crippen LogP contribution in [-0.2, 0) is 0 Å². The smallest absolute Gasteiger partial charge is 0.122 e. The van der Waals surface area contributed by atoms with Gasteiger partial charge in [0.1, 0.15) is 5.75 Å². The average molecular weight is 203 g/mol. The number of para-hydroxylation sites is 1. The van der Waals surface area contributed by atoms with Crippen LogP contribution in [0.5, 0.6) is 5.75 Å². The van der Waals surface area contributed by atoms with Crippen molar-refractivity contribution in [2.75, 3.05) is 20.2 Å². The summed E-state index contributed by atoms with van der Waals surface area (Å²) in [7, 11) is 1.77. The monoisotopic (exact) mass is 203 g/mol. The van der Waals surface area contributed by atoms with Gasteiger partial charge in [-0.15, -0.1) is 0 Å². The van der Waals surface area contributed by atoms with E-state index in [4.69, 9.17) is 4.74 Å². The molecule has 0 aromatic heterocycles. The minimum atomic E-state index is 0.723. The molecule has 1 saturated heterocycles. The summed E-state index contributed by atoms with van der Waals surface area (Å²) in [5, 5.41) is 3.48. The largest absolute Gasteiger partial charge is 0.496 e. The fourth-order valence-corrected chi connectivity index (χ4v) is 3.12. The molecular weight excluding hydrogens is 186 g/mol. The van der Waals surface area contributed by atoms with Crippen molar-refractivity contribution >= 4 is 0 Å². The van der Waals surface area contributed by atoms with Crippen molar-refractivity contribution in [3.05, 3.63) is 29.8 Å². The van der Waals surface area contributed by atoms with E-state index in [0.29, 0.717) is 0 Å². The van der Waals surface area contributed by atoms with Crippen molar-refractivity contribution in [2.24, 2.45) is 11.8 Å². The van der Waals surface area contributed by atoms with Crippen LogP contribution in [0.15, 0.2) is 24.3 Å². The lowest BCUT2D eigenvalue weighted by Crippen LogP contribution is -2.33. The highest BCUT2D eigenvalue weighted by molar-refractivity contribution is 5.38. The standard InChI is InChI=1S/C13H17NO/c1-15-13-5-3-2-4-10(13)11-6-9-7-14-8-12(9)11/h2-5,9,11-12,14H,6-8H2,1H3. The Morgan fingerprint density at radius 1 is 1.27 bits per heavy atom. The van der Waals surface area contributed by atoms with Gasteiger partial charge in [-0.2, -0.15) is 0 Å². The molecule has 0 amide bonds. The van der Waals surface area contributed by atoms with Crippen molar-refractivity contribution in [3.8, 4) is 5.75 Å². The minimum Gasteiger partial charge on any atom is -0.496 e. The summed E-state index contributed by atoms with van der Waals surface area (Å²) in [6.07, 6.45) is 1.33. The number of methoxy groups -OCH3 is 1. The fraction of sp³-hybridized carbons (Fsp3) is 0.538. The molecule has 1 aromatic carbocycles. The van der Waals surface area contributed by atoms with Gasteiger partial charge in [-0.05, 0) is 48.9 Å². The topological polar surface area (TPSA) is 21.3 Å². The number of rotatable bonds is 2. The van der Waals surface area contributed by atoms with Crippen molar-refractivity contribution in [1.29, 1.82) is 0 Å². The van der Waals surface area contributed by atoms with Crippen LogP contribution in [0.3, 0.4) is 0 Å². The summed E-state index contributed by atoms with van der Waals surface area (Å²) in [6, 6.07) is 8.46. The number of hydrogen-bond acceptors (Lipinski definition) is 2. The summed E-state index contributed by atoms with van der Waals surface area (Å²) in [6.45, 7) is 2.41. The molecular formula is C13H17NO. The zero-order chi connectivity index (χ0) is 10.3. The maximum atomic E-state index is 5.43. The lowest BCUT2D eigenvalue weighted by atomic mass is 9.64. The second-order valence-corrected chi connectivity index (χ2v) is 4.67. The van der Waals surface area contributed by atoms with Gasteiger partial charge in [0.15, 0.2) is 0 Å². The van der Waals surface area contributed by atoms with Gasteiger partial charge < -0.3 is 10.1 Å². The molecule has 1 heterocycles. The average Bonchev–Trinajstić information content (AvgIpc) is 2.61. The number of benzene rings is 1. The molecule has 2 nitrogen and oxygen atoms in total. The maximum Gasteiger partial charge on any atom is 0.122 e. The molecule has 2 aliphatic rings. The Labute approximate surface area is 90.6 Å². The summed E-state index contributed by atoms with van der Waals surface area (Å²) in [5.41, 5.74) is 1.41. The Morgan fingerprint density at radius 3 is 2.93 bits per heavy atom. The lowest BCUT2D eigenvalue weighted by Gasteiger charge is -2.40. The highest BCUT2D eigenvalue weighted by Gasteiger charge is 2.45. The van der Waals surface area contributed by atoms with E-state index in [-0.39, 0.29) is 0 Å². The molecule has 1 N–H and O–H groups in total. The summed E-state index contributed by atoms with van der Waals surface area (Å²) >= 11 is 0. The zero-order valence-corrected chi connectivity index (χ0v) is 9.07. The van der Waals surface area contributed by atoms with E-state index in [1.807, 2.05) is 6.07 Å². The SMILES string of the molecule is COc1ccccc1C1CC2CNCC21. The number of nitrogens with one attached hydrogen (secondary N) is 1. The first-order valence-corrected chi connectivity index (χ1v) is 5.74. The van der Waals surface area contributed by atoms with E-state index in [9.17, 15) is 0 Å². The first-order valence-electron chi connectivity index (χ1n) is 5.74. The Bertz CT molecular complexity index is 363. The van der Waals surface area contributed by atoms with E-state index in [2.05, 4.69) is 23.5 Å². The molecule has 15 heavy (non-hydrogen) atoms. The summed E-state index contributed by atoms with van der Waals surface area (Å²) in [5.74, 6) is 3.55. The number of fused-ring (bicyclic) bond motifs is 1. The molecule has 3 atom stereocenters. The molecule has 1 saturated carbocycles. The molecule has 3 unspecified atom stereocenters. The summed E-state index contributed by atoms with van der Waals surface area (Å²) < 4.78 is 5.43. The van der Waals surface area contributed by atoms with Crippen molar-refractivity contribution in [1.82, 2.24) is 5.32 Å². The van der Waals surface area contributed by atoms with Crippen LogP contribution in [-0.4, -0.2) is 20.2 Å². The molecule has 2 heteroatoms. The first kappa shape index (κ1) is 9.22. The third-order valence-electron chi connectivity index (χ3n) is 4.00. The molecule has 2 fully saturated rings. The Balaban J connectivity index is 1.87. The highest BCUT2D eigenvalue weighted by atomic mass is 16.5. The van der Waals surface area contributed by atoms with E-state index >= 15 is 0 Å². The normalized spacial score (nSPS) is 33.3. The summed E-state index contributed by atoms with van der Waals surface area (Å²) in [4.78, 5) is 0. The molecule has 3 rings (SSSR count). The second-order valence-electron chi connectivity index (χ2n) is 4.67. The molecule has 1 aromatic rings. The molecule has 0 radical (unpaired) electrons. The Hall–Kier alpha value is -1.02. The quantitative estimate of drug-likeness (QED) is 0.794. The minimum absolute atomic E-state index is 0.723. The van der Waals surface area contributed by atoms with Gasteiger partial charge in [0.25, 0.3) is 0 Å². The molecule has 1 aliphatic heterocycles. The lowest BCUT2D eigenvalue weighted by molar-refractivity contribution is 0.187. The van der Waals surface area contributed by atoms with Gasteiger partial charge in [-0.25, -0.2) is 0 Å². The Morgan fingerprint density at radius 2 is 2.13 bits per heavy atom. The molecule has 1 aliphatic carbocycles. The second kappa shape index (κ2) is 3.53. The van der Waals surface area contributed by atoms with Crippen LogP contribution >= 0.6 is 0 Å². The predicted octanol–water partition coefficient (Wildman–Crippen LogP) is 2.02. The molecule has 0 bridgehead atoms. The molecule has 80 valence electrons. The van der Waals surface area contributed by atoms with Crippen molar-refractivity contribution in [2.45, 2.75) is 12.3 Å². The first-order chi connectivity index (χ1) is 7.40. The van der Waals surface area contributed by atoms with Gasteiger partial charge in [-0.3, -0.25) is 0 Å². The van der Waals surface area contributed by atoms with Crippen LogP contribution in [0, 0.1) is 11.8 Å². The van der Waals surface area contributed by atoms with Gasteiger partial charge in [0.2, 0.25) is 0 Å². The van der Waals surface area contributed by atoms with Crippen molar-refractivity contribution < 1.29 is 4.74 Å². The van der Waals surface area contributed by atoms with Crippen LogP contribution in [0.2, 0.25) is 0 Å². The third-order valence-corrected chi connectivity index (χ3v) is 4.00. The van der Waals surface area contributed by atoms with Crippen LogP contribution in [0.1, 0.15) is 17.9 Å². The van der Waals surface area contributed by atoms with Crippen molar-refractivity contribution in [3.63, 3.8) is 0 Å². The van der Waals surface area contributed by atoms with Gasteiger partial charge in [0, 0.05) is 0 Å². The molecule has 0 spiro atoms. The van der Waals surface area contributed by atoms with E-state index < -0.39 is 0 Å². The predicted molar refractivity (Wildman–Crippen MR) is 60.2 cm³/mol. The zero-order valence-electron chi connectivity index (χ0n) is 9.07. The highest BCUT2D eigenvalue weighted by Crippen LogP contribution is 2.50. The number of hydrogen-bond donors (Lipinski definition) is 1. The Kier molecular flexibility index (Phi) is 2.17. The van der Waals surface area contributed by atoms with Gasteiger partial charge in [0.05, 0.1) is 7.11 Å². The van der Waals surface area contributed by atoms with Gasteiger partial charge >= 0.3 is 0 Å². The van der Waals surface area contributed by atoms with E-state index in [1.165, 1.54) is 25.1 Å². The number of ether oxygens (including phenoxy) is 1. The van der Waals surface area contributed by atoms with Crippen LogP contribution in [0.4, 0.5) is 0 Å². The van der Waals surface area contributed by atoms with Gasteiger partial charge in [-0.1, -0.05) is 18.2 Å². The van der Waals surface area contributed by atoms with Crippen LogP contribution < -0.4 is 10.1 Å². The van der Waals surface area contributed by atoms with E-state index in [0.717, 1.165) is 23.5 Å². The third kappa shape index (κ3) is 1.36. The fourth-order valence-electron chi connectivity index (χ4n) is 3.12. The van der Waals surface area contributed by atoms with Crippen LogP contribution in [0.25, 0.3) is 0 Å².